The highest BCUT2D eigenvalue weighted by Gasteiger charge is 2.27. The standard InChI is InChI=1S/C12H13N3O5/c1-14(20-2)12(17)8-5-7-3-4-10(16)13-11(7)9(6-8)15(18)19/h5-6H,3-4H2,1-2H3,(H,13,16). The fraction of sp³-hybridized carbons (Fsp3) is 0.333. The van der Waals surface area contributed by atoms with E-state index in [4.69, 9.17) is 4.84 Å². The van der Waals surface area contributed by atoms with Crippen molar-refractivity contribution in [1.29, 1.82) is 0 Å². The van der Waals surface area contributed by atoms with Gasteiger partial charge in [-0.3, -0.25) is 24.5 Å². The summed E-state index contributed by atoms with van der Waals surface area (Å²) in [6.07, 6.45) is 0.599. The molecule has 0 radical (unpaired) electrons. The first kappa shape index (κ1) is 13.9. The van der Waals surface area contributed by atoms with Gasteiger partial charge in [-0.25, -0.2) is 5.06 Å². The third-order valence-electron chi connectivity index (χ3n) is 3.09. The van der Waals surface area contributed by atoms with Gasteiger partial charge in [0.25, 0.3) is 11.6 Å². The minimum atomic E-state index is -0.617. The fourth-order valence-corrected chi connectivity index (χ4v) is 2.01. The largest absolute Gasteiger partial charge is 0.320 e. The van der Waals surface area contributed by atoms with Crippen LogP contribution in [0.5, 0.6) is 0 Å². The molecular formula is C12H13N3O5. The molecule has 0 fully saturated rings. The average Bonchev–Trinajstić information content (AvgIpc) is 2.44. The van der Waals surface area contributed by atoms with Crippen LogP contribution in [0.2, 0.25) is 0 Å². The van der Waals surface area contributed by atoms with Gasteiger partial charge in [-0.15, -0.1) is 0 Å². The lowest BCUT2D eigenvalue weighted by atomic mass is 9.98. The van der Waals surface area contributed by atoms with E-state index in [1.807, 2.05) is 0 Å². The Labute approximate surface area is 114 Å². The van der Waals surface area contributed by atoms with Gasteiger partial charge < -0.3 is 5.32 Å². The maximum absolute atomic E-state index is 12.0. The lowest BCUT2D eigenvalue weighted by Gasteiger charge is -2.19. The van der Waals surface area contributed by atoms with Crippen LogP contribution in [0.25, 0.3) is 0 Å². The molecule has 8 nitrogen and oxygen atoms in total. The normalized spacial score (nSPS) is 13.4. The summed E-state index contributed by atoms with van der Waals surface area (Å²) in [4.78, 5) is 38.6. The fourth-order valence-electron chi connectivity index (χ4n) is 2.01. The molecule has 0 unspecified atom stereocenters. The van der Waals surface area contributed by atoms with Gasteiger partial charge in [-0.05, 0) is 18.1 Å². The Bertz CT molecular complexity index is 599. The van der Waals surface area contributed by atoms with Crippen molar-refractivity contribution in [1.82, 2.24) is 5.06 Å². The summed E-state index contributed by atoms with van der Waals surface area (Å²) in [5, 5.41) is 14.6. The van der Waals surface area contributed by atoms with Gasteiger partial charge in [-0.1, -0.05) is 0 Å². The van der Waals surface area contributed by atoms with Crippen LogP contribution in [0.15, 0.2) is 12.1 Å². The molecule has 0 saturated heterocycles. The third kappa shape index (κ3) is 2.45. The summed E-state index contributed by atoms with van der Waals surface area (Å²) in [7, 11) is 2.74. The predicted octanol–water partition coefficient (Wildman–Crippen LogP) is 1.11. The lowest BCUT2D eigenvalue weighted by Crippen LogP contribution is -2.26. The Morgan fingerprint density at radius 2 is 2.15 bits per heavy atom. The van der Waals surface area contributed by atoms with Gasteiger partial charge in [0.05, 0.1) is 12.0 Å². The van der Waals surface area contributed by atoms with E-state index in [2.05, 4.69) is 5.32 Å². The molecule has 1 heterocycles. The van der Waals surface area contributed by atoms with Gasteiger partial charge in [0, 0.05) is 25.1 Å². The van der Waals surface area contributed by atoms with E-state index in [1.54, 1.807) is 6.07 Å². The van der Waals surface area contributed by atoms with Crippen molar-refractivity contribution in [3.8, 4) is 0 Å². The van der Waals surface area contributed by atoms with Crippen LogP contribution >= 0.6 is 0 Å². The SMILES string of the molecule is CON(C)C(=O)c1cc2c(c([N+](=O)[O-])c1)NC(=O)CC2. The minimum Gasteiger partial charge on any atom is -0.320 e. The molecule has 0 bridgehead atoms. The van der Waals surface area contributed by atoms with Gasteiger partial charge >= 0.3 is 0 Å². The van der Waals surface area contributed by atoms with Crippen molar-refractivity contribution in [2.45, 2.75) is 12.8 Å². The zero-order valence-corrected chi connectivity index (χ0v) is 11.0. The van der Waals surface area contributed by atoms with E-state index >= 15 is 0 Å². The zero-order chi connectivity index (χ0) is 14.9. The van der Waals surface area contributed by atoms with Crippen LogP contribution in [0.3, 0.4) is 0 Å². The molecule has 8 heteroatoms. The number of benzene rings is 1. The molecule has 20 heavy (non-hydrogen) atoms. The molecule has 0 aliphatic carbocycles. The number of anilines is 1. The first-order chi connectivity index (χ1) is 9.43. The molecule has 1 aromatic rings. The third-order valence-corrected chi connectivity index (χ3v) is 3.09. The number of rotatable bonds is 3. The van der Waals surface area contributed by atoms with E-state index < -0.39 is 10.8 Å². The summed E-state index contributed by atoms with van der Waals surface area (Å²) in [6.45, 7) is 0. The van der Waals surface area contributed by atoms with Crippen molar-refractivity contribution in [3.63, 3.8) is 0 Å². The van der Waals surface area contributed by atoms with Crippen LogP contribution in [-0.4, -0.2) is 36.0 Å². The Morgan fingerprint density at radius 3 is 2.75 bits per heavy atom. The Hall–Kier alpha value is -2.48. The van der Waals surface area contributed by atoms with Crippen molar-refractivity contribution in [3.05, 3.63) is 33.4 Å². The molecule has 106 valence electrons. The van der Waals surface area contributed by atoms with Crippen molar-refractivity contribution >= 4 is 23.2 Å². The summed E-state index contributed by atoms with van der Waals surface area (Å²) in [5.41, 5.74) is 0.605. The van der Waals surface area contributed by atoms with Gasteiger partial charge in [0.1, 0.15) is 5.69 Å². The maximum atomic E-state index is 12.0. The first-order valence-electron chi connectivity index (χ1n) is 5.87. The molecule has 2 amide bonds. The van der Waals surface area contributed by atoms with Crippen molar-refractivity contribution in [2.24, 2.45) is 0 Å². The number of carbonyl (C=O) groups excluding carboxylic acids is 2. The van der Waals surface area contributed by atoms with Gasteiger partial charge in [0.2, 0.25) is 5.91 Å². The van der Waals surface area contributed by atoms with E-state index in [9.17, 15) is 19.7 Å². The summed E-state index contributed by atoms with van der Waals surface area (Å²) >= 11 is 0. The number of nitrogens with one attached hydrogen (secondary N) is 1. The number of hydrogen-bond acceptors (Lipinski definition) is 5. The second-order valence-electron chi connectivity index (χ2n) is 4.32. The molecule has 0 aromatic heterocycles. The summed E-state index contributed by atoms with van der Waals surface area (Å²) in [5.74, 6) is -0.760. The highest BCUT2D eigenvalue weighted by molar-refractivity contribution is 6.00. The van der Waals surface area contributed by atoms with Crippen LogP contribution in [-0.2, 0) is 16.1 Å². The lowest BCUT2D eigenvalue weighted by molar-refractivity contribution is -0.384. The molecular weight excluding hydrogens is 266 g/mol. The number of amides is 2. The van der Waals surface area contributed by atoms with Crippen molar-refractivity contribution < 1.29 is 19.3 Å². The molecule has 1 aliphatic heterocycles. The van der Waals surface area contributed by atoms with Crippen LogP contribution in [0, 0.1) is 10.1 Å². The monoisotopic (exact) mass is 279 g/mol. The van der Waals surface area contributed by atoms with E-state index in [-0.39, 0.29) is 29.3 Å². The Balaban J connectivity index is 2.53. The highest BCUT2D eigenvalue weighted by atomic mass is 16.7. The second kappa shape index (κ2) is 5.25. The number of hydroxylamine groups is 2. The van der Waals surface area contributed by atoms with Gasteiger partial charge in [-0.2, -0.15) is 0 Å². The minimum absolute atomic E-state index is 0.149. The molecule has 0 atom stereocenters. The average molecular weight is 279 g/mol. The number of hydrogen-bond donors (Lipinski definition) is 1. The first-order valence-corrected chi connectivity index (χ1v) is 5.87. The van der Waals surface area contributed by atoms with Crippen molar-refractivity contribution in [2.75, 3.05) is 19.5 Å². The number of nitro benzene ring substituents is 1. The summed E-state index contributed by atoms with van der Waals surface area (Å²) in [6, 6.07) is 2.68. The van der Waals surface area contributed by atoms with Gasteiger partial charge in [0.15, 0.2) is 0 Å². The van der Waals surface area contributed by atoms with E-state index in [0.29, 0.717) is 12.0 Å². The highest BCUT2D eigenvalue weighted by Crippen LogP contribution is 2.34. The van der Waals surface area contributed by atoms with Crippen LogP contribution in [0.4, 0.5) is 11.4 Å². The molecule has 0 spiro atoms. The second-order valence-corrected chi connectivity index (χ2v) is 4.32. The van der Waals surface area contributed by atoms with E-state index in [1.165, 1.54) is 14.2 Å². The molecule has 1 N–H and O–H groups in total. The molecule has 0 saturated carbocycles. The Morgan fingerprint density at radius 1 is 1.45 bits per heavy atom. The van der Waals surface area contributed by atoms with Crippen LogP contribution < -0.4 is 5.32 Å². The number of nitro groups is 1. The summed E-state index contributed by atoms with van der Waals surface area (Å²) < 4.78 is 0. The number of carbonyl (C=O) groups is 2. The zero-order valence-electron chi connectivity index (χ0n) is 11.0. The Kier molecular flexibility index (Phi) is 3.66. The quantitative estimate of drug-likeness (QED) is 0.659. The number of fused-ring (bicyclic) bond motifs is 1. The smallest absolute Gasteiger partial charge is 0.293 e. The predicted molar refractivity (Wildman–Crippen MR) is 69.1 cm³/mol. The number of aryl methyl sites for hydroxylation is 1. The maximum Gasteiger partial charge on any atom is 0.293 e. The number of nitrogens with zero attached hydrogens (tertiary/aromatic N) is 2. The van der Waals surface area contributed by atoms with E-state index in [0.717, 1.165) is 11.1 Å². The molecule has 1 aromatic carbocycles. The molecule has 1 aliphatic rings. The topological polar surface area (TPSA) is 102 Å². The van der Waals surface area contributed by atoms with Crippen LogP contribution in [0.1, 0.15) is 22.3 Å². The molecule has 2 rings (SSSR count).